The molecule has 1 heterocycles. The molecule has 0 saturated heterocycles. The number of aliphatic carboxylic acids is 1. The predicted octanol–water partition coefficient (Wildman–Crippen LogP) is 2.76. The number of carboxylic acids is 1. The first-order chi connectivity index (χ1) is 7.08. The van der Waals surface area contributed by atoms with Crippen LogP contribution in [0.3, 0.4) is 0 Å². The van der Waals surface area contributed by atoms with Crippen molar-refractivity contribution in [1.29, 1.82) is 0 Å². The third kappa shape index (κ3) is 1.83. The Bertz CT molecular complexity index is 531. The first-order valence-corrected chi connectivity index (χ1v) is 4.94. The molecule has 2 N–H and O–H groups in total. The molecule has 0 radical (unpaired) electrons. The molecule has 4 heteroatoms. The number of halogens is 1. The van der Waals surface area contributed by atoms with Crippen LogP contribution in [0, 0.1) is 6.92 Å². The number of rotatable bonds is 2. The lowest BCUT2D eigenvalue weighted by Gasteiger charge is -1.96. The van der Waals surface area contributed by atoms with Crippen LogP contribution >= 0.6 is 11.6 Å². The van der Waals surface area contributed by atoms with Crippen molar-refractivity contribution in [2.75, 3.05) is 0 Å². The van der Waals surface area contributed by atoms with Gasteiger partial charge in [-0.3, -0.25) is 4.79 Å². The van der Waals surface area contributed by atoms with Crippen LogP contribution in [0.4, 0.5) is 0 Å². The molecule has 0 unspecified atom stereocenters. The Labute approximate surface area is 91.7 Å². The lowest BCUT2D eigenvalue weighted by Crippen LogP contribution is -1.99. The maximum absolute atomic E-state index is 10.7. The highest BCUT2D eigenvalue weighted by Crippen LogP contribution is 2.27. The fraction of sp³-hybridized carbons (Fsp3) is 0.182. The standard InChI is InChI=1S/C11H10ClNO2/c1-6-2-3-7-8(5-10(14)15)11(12)13-9(7)4-6/h2-4,13H,5H2,1H3,(H,14,15). The molecule has 0 saturated carbocycles. The highest BCUT2D eigenvalue weighted by atomic mass is 35.5. The molecule has 2 rings (SSSR count). The molecule has 0 aliphatic rings. The van der Waals surface area contributed by atoms with E-state index in [1.165, 1.54) is 0 Å². The molecule has 0 bridgehead atoms. The number of aromatic amines is 1. The Kier molecular flexibility index (Phi) is 2.40. The molecule has 0 aliphatic heterocycles. The third-order valence-electron chi connectivity index (χ3n) is 2.34. The van der Waals surface area contributed by atoms with Crippen LogP contribution in [0.2, 0.25) is 5.15 Å². The minimum absolute atomic E-state index is 0.0537. The van der Waals surface area contributed by atoms with E-state index in [2.05, 4.69) is 4.98 Å². The van der Waals surface area contributed by atoms with Crippen molar-refractivity contribution in [2.45, 2.75) is 13.3 Å². The topological polar surface area (TPSA) is 53.1 Å². The average molecular weight is 224 g/mol. The number of aryl methyl sites for hydroxylation is 1. The van der Waals surface area contributed by atoms with Gasteiger partial charge in [0.1, 0.15) is 5.15 Å². The molecule has 0 atom stereocenters. The van der Waals surface area contributed by atoms with E-state index in [1.807, 2.05) is 25.1 Å². The number of aromatic nitrogens is 1. The second-order valence-corrected chi connectivity index (χ2v) is 3.92. The number of H-pyrrole nitrogens is 1. The van der Waals surface area contributed by atoms with Gasteiger partial charge in [0.15, 0.2) is 0 Å². The maximum Gasteiger partial charge on any atom is 0.307 e. The molecule has 0 amide bonds. The number of carbonyl (C=O) groups is 1. The number of fused-ring (bicyclic) bond motifs is 1. The lowest BCUT2D eigenvalue weighted by molar-refractivity contribution is -0.136. The summed E-state index contributed by atoms with van der Waals surface area (Å²) in [6.07, 6.45) is -0.0537. The molecule has 0 spiro atoms. The molecule has 1 aromatic carbocycles. The Balaban J connectivity index is 2.63. The minimum atomic E-state index is -0.877. The summed E-state index contributed by atoms with van der Waals surface area (Å²) in [6.45, 7) is 1.98. The molecule has 1 aromatic heterocycles. The van der Waals surface area contributed by atoms with Crippen LogP contribution in [-0.4, -0.2) is 16.1 Å². The molecular weight excluding hydrogens is 214 g/mol. The molecule has 78 valence electrons. The summed E-state index contributed by atoms with van der Waals surface area (Å²) in [5, 5.41) is 10.0. The van der Waals surface area contributed by atoms with Crippen molar-refractivity contribution in [3.05, 3.63) is 34.5 Å². The summed E-state index contributed by atoms with van der Waals surface area (Å²) in [5.41, 5.74) is 2.65. The zero-order valence-corrected chi connectivity index (χ0v) is 8.93. The average Bonchev–Trinajstić information content (AvgIpc) is 2.41. The zero-order chi connectivity index (χ0) is 11.0. The molecule has 15 heavy (non-hydrogen) atoms. The van der Waals surface area contributed by atoms with Crippen LogP contribution < -0.4 is 0 Å². The Morgan fingerprint density at radius 1 is 1.53 bits per heavy atom. The van der Waals surface area contributed by atoms with Crippen molar-refractivity contribution in [3.63, 3.8) is 0 Å². The van der Waals surface area contributed by atoms with Gasteiger partial charge < -0.3 is 10.1 Å². The smallest absolute Gasteiger partial charge is 0.307 e. The number of nitrogens with one attached hydrogen (secondary N) is 1. The quantitative estimate of drug-likeness (QED) is 0.823. The summed E-state index contributed by atoms with van der Waals surface area (Å²) >= 11 is 5.95. The molecule has 2 aromatic rings. The van der Waals surface area contributed by atoms with Crippen LogP contribution in [0.5, 0.6) is 0 Å². The Morgan fingerprint density at radius 3 is 2.93 bits per heavy atom. The largest absolute Gasteiger partial charge is 0.481 e. The van der Waals surface area contributed by atoms with Crippen LogP contribution in [0.25, 0.3) is 10.9 Å². The second kappa shape index (κ2) is 3.59. The monoisotopic (exact) mass is 223 g/mol. The number of hydrogen-bond acceptors (Lipinski definition) is 1. The van der Waals surface area contributed by atoms with Crippen molar-refractivity contribution in [2.24, 2.45) is 0 Å². The first-order valence-electron chi connectivity index (χ1n) is 4.56. The predicted molar refractivity (Wildman–Crippen MR) is 59.4 cm³/mol. The van der Waals surface area contributed by atoms with Gasteiger partial charge in [0.05, 0.1) is 6.42 Å². The summed E-state index contributed by atoms with van der Waals surface area (Å²) < 4.78 is 0. The van der Waals surface area contributed by atoms with Gasteiger partial charge in [0.25, 0.3) is 0 Å². The summed E-state index contributed by atoms with van der Waals surface area (Å²) in [7, 11) is 0. The van der Waals surface area contributed by atoms with Gasteiger partial charge in [-0.2, -0.15) is 0 Å². The third-order valence-corrected chi connectivity index (χ3v) is 2.66. The van der Waals surface area contributed by atoms with Gasteiger partial charge in [0, 0.05) is 16.5 Å². The van der Waals surface area contributed by atoms with Crippen LogP contribution in [0.15, 0.2) is 18.2 Å². The number of carboxylic acid groups (broad SMARTS) is 1. The Morgan fingerprint density at radius 2 is 2.27 bits per heavy atom. The second-order valence-electron chi connectivity index (χ2n) is 3.54. The fourth-order valence-corrected chi connectivity index (χ4v) is 1.93. The van der Waals surface area contributed by atoms with E-state index in [4.69, 9.17) is 16.7 Å². The van der Waals surface area contributed by atoms with Gasteiger partial charge >= 0.3 is 5.97 Å². The van der Waals surface area contributed by atoms with Gasteiger partial charge in [-0.15, -0.1) is 0 Å². The highest BCUT2D eigenvalue weighted by Gasteiger charge is 2.12. The maximum atomic E-state index is 10.7. The lowest BCUT2D eigenvalue weighted by atomic mass is 10.1. The van der Waals surface area contributed by atoms with Crippen LogP contribution in [0.1, 0.15) is 11.1 Å². The van der Waals surface area contributed by atoms with Crippen molar-refractivity contribution in [3.8, 4) is 0 Å². The summed E-state index contributed by atoms with van der Waals surface area (Å²) in [6, 6.07) is 5.79. The van der Waals surface area contributed by atoms with E-state index >= 15 is 0 Å². The van der Waals surface area contributed by atoms with Crippen LogP contribution in [-0.2, 0) is 11.2 Å². The highest BCUT2D eigenvalue weighted by molar-refractivity contribution is 6.32. The number of hydrogen-bond donors (Lipinski definition) is 2. The SMILES string of the molecule is Cc1ccc2c(CC(=O)O)c(Cl)[nH]c2c1. The van der Waals surface area contributed by atoms with Gasteiger partial charge in [-0.25, -0.2) is 0 Å². The Hall–Kier alpha value is -1.48. The molecule has 3 nitrogen and oxygen atoms in total. The van der Waals surface area contributed by atoms with E-state index in [0.29, 0.717) is 10.7 Å². The van der Waals surface area contributed by atoms with Gasteiger partial charge in [-0.1, -0.05) is 23.7 Å². The van der Waals surface area contributed by atoms with E-state index < -0.39 is 5.97 Å². The first kappa shape index (κ1) is 10.1. The molecular formula is C11H10ClNO2. The van der Waals surface area contributed by atoms with Gasteiger partial charge in [0.2, 0.25) is 0 Å². The summed E-state index contributed by atoms with van der Waals surface area (Å²) in [4.78, 5) is 13.6. The van der Waals surface area contributed by atoms with E-state index in [-0.39, 0.29) is 6.42 Å². The van der Waals surface area contributed by atoms with E-state index in [9.17, 15) is 4.79 Å². The normalized spacial score (nSPS) is 10.8. The minimum Gasteiger partial charge on any atom is -0.481 e. The molecule has 0 aliphatic carbocycles. The van der Waals surface area contributed by atoms with E-state index in [1.54, 1.807) is 0 Å². The summed E-state index contributed by atoms with van der Waals surface area (Å²) in [5.74, 6) is -0.877. The number of benzene rings is 1. The molecule has 0 fully saturated rings. The fourth-order valence-electron chi connectivity index (χ4n) is 1.66. The zero-order valence-electron chi connectivity index (χ0n) is 8.17. The van der Waals surface area contributed by atoms with E-state index in [0.717, 1.165) is 16.5 Å². The van der Waals surface area contributed by atoms with Crippen molar-refractivity contribution >= 4 is 28.5 Å². The van der Waals surface area contributed by atoms with Gasteiger partial charge in [-0.05, 0) is 18.6 Å². The van der Waals surface area contributed by atoms with Crippen molar-refractivity contribution in [1.82, 2.24) is 4.98 Å². The van der Waals surface area contributed by atoms with Crippen molar-refractivity contribution < 1.29 is 9.90 Å².